The van der Waals surface area contributed by atoms with Gasteiger partial charge in [-0.25, -0.2) is 0 Å². The summed E-state index contributed by atoms with van der Waals surface area (Å²) in [5.74, 6) is 2.34. The number of fused-ring (bicyclic) bond motifs is 1. The number of carbonyl (C=O) groups is 1. The van der Waals surface area contributed by atoms with E-state index in [1.165, 1.54) is 0 Å². The van der Waals surface area contributed by atoms with Gasteiger partial charge in [0, 0.05) is 5.92 Å². The zero-order valence-electron chi connectivity index (χ0n) is 5.45. The van der Waals surface area contributed by atoms with Crippen molar-refractivity contribution in [3.05, 3.63) is 12.2 Å². The van der Waals surface area contributed by atoms with Gasteiger partial charge in [-0.05, 0) is 17.8 Å². The fourth-order valence-electron chi connectivity index (χ4n) is 1.96. The topological polar surface area (TPSA) is 17.1 Å². The third-order valence-corrected chi connectivity index (χ3v) is 2.59. The number of rotatable bonds is 1. The average molecular weight is 122 g/mol. The van der Waals surface area contributed by atoms with E-state index in [1.807, 2.05) is 0 Å². The normalized spacial score (nSPS) is 53.0. The van der Waals surface area contributed by atoms with Crippen LogP contribution in [0.15, 0.2) is 12.2 Å². The van der Waals surface area contributed by atoms with Crippen molar-refractivity contribution in [2.75, 3.05) is 0 Å². The number of allylic oxidation sites excluding steroid dienone is 2. The van der Waals surface area contributed by atoms with Crippen molar-refractivity contribution >= 4 is 6.29 Å². The maximum Gasteiger partial charge on any atom is 0.123 e. The molecule has 0 heterocycles. The van der Waals surface area contributed by atoms with E-state index in [2.05, 4.69) is 19.1 Å². The second-order valence-electron chi connectivity index (χ2n) is 3.11. The molecule has 0 aliphatic heterocycles. The van der Waals surface area contributed by atoms with E-state index in [1.54, 1.807) is 0 Å². The molecule has 0 amide bonds. The van der Waals surface area contributed by atoms with Crippen molar-refractivity contribution in [3.8, 4) is 0 Å². The molecule has 0 spiro atoms. The Hall–Kier alpha value is -0.590. The van der Waals surface area contributed by atoms with E-state index < -0.39 is 0 Å². The van der Waals surface area contributed by atoms with Gasteiger partial charge >= 0.3 is 0 Å². The summed E-state index contributed by atoms with van der Waals surface area (Å²) in [6, 6.07) is 0. The Balaban J connectivity index is 2.14. The quantitative estimate of drug-likeness (QED) is 0.378. The van der Waals surface area contributed by atoms with Crippen LogP contribution < -0.4 is 0 Å². The van der Waals surface area contributed by atoms with E-state index in [0.29, 0.717) is 23.7 Å². The monoisotopic (exact) mass is 122 g/mol. The summed E-state index contributed by atoms with van der Waals surface area (Å²) in [5.41, 5.74) is 0. The third kappa shape index (κ3) is 0.521. The summed E-state index contributed by atoms with van der Waals surface area (Å²) < 4.78 is 0. The standard InChI is InChI=1S/C8H10O/c1-5-2-3-6-7(4-9)8(5)6/h2-8H,1H3/t5-,6+,7-,8+/m0/s1. The molecular formula is C8H10O. The predicted octanol–water partition coefficient (Wildman–Crippen LogP) is 1.25. The van der Waals surface area contributed by atoms with E-state index in [4.69, 9.17) is 0 Å². The van der Waals surface area contributed by atoms with Crippen LogP contribution in [0, 0.1) is 23.7 Å². The lowest BCUT2D eigenvalue weighted by Crippen LogP contribution is -1.93. The van der Waals surface area contributed by atoms with E-state index in [9.17, 15) is 4.79 Å². The fraction of sp³-hybridized carbons (Fsp3) is 0.625. The molecule has 0 aromatic heterocycles. The summed E-state index contributed by atoms with van der Waals surface area (Å²) in [5, 5.41) is 0. The average Bonchev–Trinajstić information content (AvgIpc) is 2.46. The molecule has 0 radical (unpaired) electrons. The maximum absolute atomic E-state index is 10.3. The molecule has 0 unspecified atom stereocenters. The lowest BCUT2D eigenvalue weighted by Gasteiger charge is -1.96. The number of hydrogen-bond acceptors (Lipinski definition) is 1. The lowest BCUT2D eigenvalue weighted by molar-refractivity contribution is -0.109. The largest absolute Gasteiger partial charge is 0.303 e. The SMILES string of the molecule is C[C@H]1C=C[C@@H]2[C@H](C=O)[C@@H]21. The smallest absolute Gasteiger partial charge is 0.123 e. The molecule has 1 fully saturated rings. The van der Waals surface area contributed by atoms with Gasteiger partial charge in [0.25, 0.3) is 0 Å². The van der Waals surface area contributed by atoms with Gasteiger partial charge in [0.05, 0.1) is 0 Å². The van der Waals surface area contributed by atoms with Crippen LogP contribution in [0.1, 0.15) is 6.92 Å². The zero-order chi connectivity index (χ0) is 6.43. The number of hydrogen-bond donors (Lipinski definition) is 0. The van der Waals surface area contributed by atoms with Gasteiger partial charge in [-0.1, -0.05) is 19.1 Å². The van der Waals surface area contributed by atoms with Crippen LogP contribution in [0.2, 0.25) is 0 Å². The Morgan fingerprint density at radius 1 is 1.44 bits per heavy atom. The van der Waals surface area contributed by atoms with Crippen LogP contribution in [0.3, 0.4) is 0 Å². The van der Waals surface area contributed by atoms with Crippen LogP contribution in [0.5, 0.6) is 0 Å². The first kappa shape index (κ1) is 5.21. The van der Waals surface area contributed by atoms with E-state index in [-0.39, 0.29) is 0 Å². The second kappa shape index (κ2) is 1.47. The maximum atomic E-state index is 10.3. The molecule has 0 N–H and O–H groups in total. The van der Waals surface area contributed by atoms with Crippen molar-refractivity contribution in [1.29, 1.82) is 0 Å². The zero-order valence-corrected chi connectivity index (χ0v) is 5.45. The van der Waals surface area contributed by atoms with Gasteiger partial charge in [-0.2, -0.15) is 0 Å². The van der Waals surface area contributed by atoms with Gasteiger partial charge in [0.1, 0.15) is 6.29 Å². The molecule has 4 atom stereocenters. The highest BCUT2D eigenvalue weighted by Gasteiger charge is 2.53. The lowest BCUT2D eigenvalue weighted by atomic mass is 10.1. The Morgan fingerprint density at radius 2 is 2.22 bits per heavy atom. The van der Waals surface area contributed by atoms with Gasteiger partial charge < -0.3 is 4.79 Å². The van der Waals surface area contributed by atoms with E-state index >= 15 is 0 Å². The first-order chi connectivity index (χ1) is 4.34. The van der Waals surface area contributed by atoms with Gasteiger partial charge in [-0.15, -0.1) is 0 Å². The second-order valence-corrected chi connectivity index (χ2v) is 3.11. The molecule has 1 saturated carbocycles. The van der Waals surface area contributed by atoms with Crippen molar-refractivity contribution < 1.29 is 4.79 Å². The van der Waals surface area contributed by atoms with Crippen LogP contribution in [-0.4, -0.2) is 6.29 Å². The highest BCUT2D eigenvalue weighted by Crippen LogP contribution is 2.55. The Labute approximate surface area is 54.8 Å². The molecule has 48 valence electrons. The molecular weight excluding hydrogens is 112 g/mol. The molecule has 0 aromatic rings. The van der Waals surface area contributed by atoms with Gasteiger partial charge in [0.15, 0.2) is 0 Å². The molecule has 1 heteroatoms. The number of aldehydes is 1. The highest BCUT2D eigenvalue weighted by atomic mass is 16.1. The number of carbonyl (C=O) groups excluding carboxylic acids is 1. The Bertz CT molecular complexity index is 167. The summed E-state index contributed by atoms with van der Waals surface area (Å²) in [4.78, 5) is 10.3. The first-order valence-electron chi connectivity index (χ1n) is 3.48. The molecule has 0 bridgehead atoms. The minimum atomic E-state index is 0.380. The molecule has 0 aromatic carbocycles. The summed E-state index contributed by atoms with van der Waals surface area (Å²) in [6.07, 6.45) is 5.51. The van der Waals surface area contributed by atoms with Crippen LogP contribution >= 0.6 is 0 Å². The fourth-order valence-corrected chi connectivity index (χ4v) is 1.96. The van der Waals surface area contributed by atoms with Crippen molar-refractivity contribution in [2.24, 2.45) is 23.7 Å². The molecule has 9 heavy (non-hydrogen) atoms. The minimum absolute atomic E-state index is 0.380. The third-order valence-electron chi connectivity index (χ3n) is 2.59. The van der Waals surface area contributed by atoms with Crippen molar-refractivity contribution in [1.82, 2.24) is 0 Å². The predicted molar refractivity (Wildman–Crippen MR) is 34.8 cm³/mol. The van der Waals surface area contributed by atoms with Crippen molar-refractivity contribution in [3.63, 3.8) is 0 Å². The highest BCUT2D eigenvalue weighted by molar-refractivity contribution is 5.61. The molecule has 2 aliphatic rings. The summed E-state index contributed by atoms with van der Waals surface area (Å²) in [7, 11) is 0. The molecule has 0 saturated heterocycles. The molecule has 2 aliphatic carbocycles. The van der Waals surface area contributed by atoms with Crippen LogP contribution in [0.4, 0.5) is 0 Å². The molecule has 2 rings (SSSR count). The molecule has 1 nitrogen and oxygen atoms in total. The Morgan fingerprint density at radius 3 is 2.56 bits per heavy atom. The van der Waals surface area contributed by atoms with E-state index in [0.717, 1.165) is 6.29 Å². The van der Waals surface area contributed by atoms with Crippen LogP contribution in [-0.2, 0) is 4.79 Å². The summed E-state index contributed by atoms with van der Waals surface area (Å²) in [6.45, 7) is 2.19. The Kier molecular flexibility index (Phi) is 0.850. The summed E-state index contributed by atoms with van der Waals surface area (Å²) >= 11 is 0. The van der Waals surface area contributed by atoms with Gasteiger partial charge in [-0.3, -0.25) is 0 Å². The van der Waals surface area contributed by atoms with Crippen LogP contribution in [0.25, 0.3) is 0 Å². The van der Waals surface area contributed by atoms with Crippen molar-refractivity contribution in [2.45, 2.75) is 6.92 Å². The van der Waals surface area contributed by atoms with Gasteiger partial charge in [0.2, 0.25) is 0 Å². The minimum Gasteiger partial charge on any atom is -0.303 e. The first-order valence-corrected chi connectivity index (χ1v) is 3.48.